The summed E-state index contributed by atoms with van der Waals surface area (Å²) < 4.78 is 98.9. The zero-order valence-electron chi connectivity index (χ0n) is 24.4. The molecule has 46 heavy (non-hydrogen) atoms. The first-order chi connectivity index (χ1) is 21.6. The summed E-state index contributed by atoms with van der Waals surface area (Å²) in [5, 5.41) is 8.31. The van der Waals surface area contributed by atoms with Gasteiger partial charge in [-0.15, -0.1) is 0 Å². The number of benzene rings is 1. The third-order valence-electron chi connectivity index (χ3n) is 8.35. The maximum Gasteiger partial charge on any atom is 0.403 e. The molecule has 17 heteroatoms. The standard InChI is InChI=1S/C29H30ClF7N6O3/c1-43-22-21(13-18(24(42-22)46-11-10-31)23(44)39-17-5-3-16(4-6-17)28(32,33)34)41-26(43)40-20-12-15(2-7-19(20)30)14-38-25(45)27(8-9-27)29(35,36)37/h2,7,12-13,16-17H,3-6,8-11,14H2,1H3,(H,38,45)(H,39,44)(H,40,41). The van der Waals surface area contributed by atoms with Crippen LogP contribution in [0.5, 0.6) is 5.88 Å². The lowest BCUT2D eigenvalue weighted by molar-refractivity contribution is -0.192. The van der Waals surface area contributed by atoms with Crippen molar-refractivity contribution in [2.24, 2.45) is 18.4 Å². The number of nitrogens with one attached hydrogen (secondary N) is 3. The highest BCUT2D eigenvalue weighted by molar-refractivity contribution is 6.33. The SMILES string of the molecule is Cn1c(Nc2cc(CNC(=O)C3(C(F)(F)F)CC3)ccc2Cl)nc2cc(C(=O)NC3CCC(C(F)(F)F)CC3)c(OCCF)nc21. The molecule has 2 aliphatic carbocycles. The lowest BCUT2D eigenvalue weighted by Gasteiger charge is -2.30. The lowest BCUT2D eigenvalue weighted by Crippen LogP contribution is -2.40. The van der Waals surface area contributed by atoms with E-state index in [1.54, 1.807) is 13.1 Å². The summed E-state index contributed by atoms with van der Waals surface area (Å²) in [5.74, 6) is -3.16. The van der Waals surface area contributed by atoms with Gasteiger partial charge in [0.2, 0.25) is 17.7 Å². The van der Waals surface area contributed by atoms with E-state index >= 15 is 0 Å². The average molecular weight is 679 g/mol. The average Bonchev–Trinajstić information content (AvgIpc) is 3.77. The van der Waals surface area contributed by atoms with Gasteiger partial charge in [0.05, 0.1) is 16.6 Å². The molecule has 2 amide bonds. The number of pyridine rings is 1. The second-order valence-electron chi connectivity index (χ2n) is 11.5. The molecular formula is C29H30ClF7N6O3. The van der Waals surface area contributed by atoms with E-state index in [9.17, 15) is 40.3 Å². The number of ether oxygens (including phenoxy) is 1. The van der Waals surface area contributed by atoms with Crippen molar-refractivity contribution < 1.29 is 45.1 Å². The maximum absolute atomic E-state index is 13.3. The lowest BCUT2D eigenvalue weighted by atomic mass is 9.85. The highest BCUT2D eigenvalue weighted by Gasteiger charge is 2.68. The number of carbonyl (C=O) groups excluding carboxylic acids is 2. The topological polar surface area (TPSA) is 110 Å². The number of fused-ring (bicyclic) bond motifs is 1. The van der Waals surface area contributed by atoms with Gasteiger partial charge in [-0.3, -0.25) is 14.2 Å². The number of nitrogens with zero attached hydrogens (tertiary/aromatic N) is 3. The summed E-state index contributed by atoms with van der Waals surface area (Å²) in [6.07, 6.45) is -9.40. The summed E-state index contributed by atoms with van der Waals surface area (Å²) in [5.41, 5.74) is -1.20. The van der Waals surface area contributed by atoms with Gasteiger partial charge in [-0.2, -0.15) is 31.3 Å². The molecule has 0 saturated heterocycles. The molecular weight excluding hydrogens is 649 g/mol. The molecule has 9 nitrogen and oxygen atoms in total. The zero-order valence-corrected chi connectivity index (χ0v) is 25.2. The molecule has 1 aromatic carbocycles. The molecule has 2 fully saturated rings. The Kier molecular flexibility index (Phi) is 9.30. The number of hydrogen-bond acceptors (Lipinski definition) is 6. The number of rotatable bonds is 10. The molecule has 2 aromatic heterocycles. The van der Waals surface area contributed by atoms with Crippen LogP contribution in [0.2, 0.25) is 5.02 Å². The van der Waals surface area contributed by atoms with Crippen LogP contribution in [0.4, 0.5) is 42.4 Å². The van der Waals surface area contributed by atoms with E-state index in [1.807, 2.05) is 0 Å². The Labute approximate surface area is 263 Å². The Morgan fingerprint density at radius 3 is 2.37 bits per heavy atom. The third-order valence-corrected chi connectivity index (χ3v) is 8.68. The van der Waals surface area contributed by atoms with Crippen LogP contribution in [-0.2, 0) is 18.4 Å². The molecule has 3 aromatic rings. The predicted molar refractivity (Wildman–Crippen MR) is 154 cm³/mol. The molecule has 2 heterocycles. The van der Waals surface area contributed by atoms with Crippen LogP contribution in [0.1, 0.15) is 54.4 Å². The van der Waals surface area contributed by atoms with Crippen LogP contribution < -0.4 is 20.7 Å². The normalized spacial score (nSPS) is 19.5. The Morgan fingerprint density at radius 1 is 1.07 bits per heavy atom. The molecule has 0 aliphatic heterocycles. The summed E-state index contributed by atoms with van der Waals surface area (Å²) >= 11 is 6.36. The van der Waals surface area contributed by atoms with Crippen molar-refractivity contribution in [3.8, 4) is 5.88 Å². The fourth-order valence-electron chi connectivity index (χ4n) is 5.46. The Bertz CT molecular complexity index is 1620. The van der Waals surface area contributed by atoms with Gasteiger partial charge in [0, 0.05) is 19.6 Å². The first-order valence-corrected chi connectivity index (χ1v) is 14.8. The number of halogens is 8. The molecule has 2 saturated carbocycles. The number of hydrogen-bond donors (Lipinski definition) is 3. The number of aryl methyl sites for hydroxylation is 1. The minimum atomic E-state index is -4.63. The summed E-state index contributed by atoms with van der Waals surface area (Å²) in [7, 11) is 1.59. The second-order valence-corrected chi connectivity index (χ2v) is 11.9. The van der Waals surface area contributed by atoms with Crippen molar-refractivity contribution in [3.63, 3.8) is 0 Å². The number of aromatic nitrogens is 3. The molecule has 3 N–H and O–H groups in total. The van der Waals surface area contributed by atoms with E-state index in [0.29, 0.717) is 11.3 Å². The number of anilines is 2. The van der Waals surface area contributed by atoms with Crippen molar-refractivity contribution >= 4 is 46.2 Å². The van der Waals surface area contributed by atoms with Crippen LogP contribution >= 0.6 is 11.6 Å². The molecule has 250 valence electrons. The molecule has 0 spiro atoms. The zero-order chi connectivity index (χ0) is 33.4. The summed E-state index contributed by atoms with van der Waals surface area (Å²) in [4.78, 5) is 34.3. The van der Waals surface area contributed by atoms with Crippen molar-refractivity contribution in [1.82, 2.24) is 25.2 Å². The molecule has 2 aliphatic rings. The number of imidazole rings is 1. The van der Waals surface area contributed by atoms with E-state index in [-0.39, 0.29) is 78.6 Å². The predicted octanol–water partition coefficient (Wildman–Crippen LogP) is 6.52. The fourth-order valence-corrected chi connectivity index (χ4v) is 5.62. The van der Waals surface area contributed by atoms with Crippen molar-refractivity contribution in [3.05, 3.63) is 40.4 Å². The molecule has 0 radical (unpaired) electrons. The van der Waals surface area contributed by atoms with Crippen molar-refractivity contribution in [2.45, 2.75) is 63.5 Å². The van der Waals surface area contributed by atoms with Gasteiger partial charge in [-0.25, -0.2) is 9.37 Å². The van der Waals surface area contributed by atoms with E-state index in [0.717, 1.165) is 0 Å². The highest BCUT2D eigenvalue weighted by atomic mass is 35.5. The molecule has 0 bridgehead atoms. The van der Waals surface area contributed by atoms with Gasteiger partial charge in [0.15, 0.2) is 5.65 Å². The van der Waals surface area contributed by atoms with Gasteiger partial charge < -0.3 is 20.7 Å². The van der Waals surface area contributed by atoms with E-state index in [2.05, 4.69) is 25.9 Å². The minimum absolute atomic E-state index is 0.0772. The van der Waals surface area contributed by atoms with Gasteiger partial charge in [-0.1, -0.05) is 17.7 Å². The van der Waals surface area contributed by atoms with E-state index in [1.165, 1.54) is 22.8 Å². The quantitative estimate of drug-likeness (QED) is 0.211. The van der Waals surface area contributed by atoms with Crippen LogP contribution in [0.15, 0.2) is 24.3 Å². The summed E-state index contributed by atoms with van der Waals surface area (Å²) in [6, 6.07) is 5.45. The number of carbonyl (C=O) groups is 2. The molecule has 5 rings (SSSR count). The van der Waals surface area contributed by atoms with E-state index < -0.39 is 54.8 Å². The van der Waals surface area contributed by atoms with Gasteiger partial charge >= 0.3 is 12.4 Å². The van der Waals surface area contributed by atoms with Gasteiger partial charge in [-0.05, 0) is 62.3 Å². The van der Waals surface area contributed by atoms with Crippen molar-refractivity contribution in [1.29, 1.82) is 0 Å². The second kappa shape index (κ2) is 12.8. The van der Waals surface area contributed by atoms with Gasteiger partial charge in [0.1, 0.15) is 29.8 Å². The van der Waals surface area contributed by atoms with Crippen LogP contribution in [-0.4, -0.2) is 58.0 Å². The van der Waals surface area contributed by atoms with E-state index in [4.69, 9.17) is 16.3 Å². The summed E-state index contributed by atoms with van der Waals surface area (Å²) in [6.45, 7) is -1.45. The first kappa shape index (κ1) is 33.5. The minimum Gasteiger partial charge on any atom is -0.474 e. The maximum atomic E-state index is 13.3. The smallest absolute Gasteiger partial charge is 0.403 e. The monoisotopic (exact) mass is 678 g/mol. The Balaban J connectivity index is 1.33. The highest BCUT2D eigenvalue weighted by Crippen LogP contribution is 2.57. The molecule has 0 atom stereocenters. The fraction of sp³-hybridized carbons (Fsp3) is 0.517. The van der Waals surface area contributed by atoms with Gasteiger partial charge in [0.25, 0.3) is 5.91 Å². The Morgan fingerprint density at radius 2 is 1.76 bits per heavy atom. The third kappa shape index (κ3) is 6.95. The van der Waals surface area contributed by atoms with Crippen LogP contribution in [0.25, 0.3) is 11.2 Å². The van der Waals surface area contributed by atoms with Crippen molar-refractivity contribution in [2.75, 3.05) is 18.6 Å². The number of amides is 2. The Hall–Kier alpha value is -3.82. The number of alkyl halides is 7. The molecule has 0 unspecified atom stereocenters. The first-order valence-electron chi connectivity index (χ1n) is 14.5. The largest absolute Gasteiger partial charge is 0.474 e. The van der Waals surface area contributed by atoms with Crippen LogP contribution in [0.3, 0.4) is 0 Å². The van der Waals surface area contributed by atoms with Crippen LogP contribution in [0, 0.1) is 11.3 Å².